The standard InChI is InChI=1S/C16H25BrN2O3/c1-18-6-8-19(9-7-18)12-14(20)13-21-10-11-22-16-5-3-2-4-15(16)17/h2-5,14,20H,6-13H2,1H3. The van der Waals surface area contributed by atoms with Gasteiger partial charge in [0.1, 0.15) is 12.4 Å². The van der Waals surface area contributed by atoms with Crippen molar-refractivity contribution in [3.63, 3.8) is 0 Å². The molecule has 124 valence electrons. The molecule has 1 saturated heterocycles. The number of hydrogen-bond donors (Lipinski definition) is 1. The molecule has 2 rings (SSSR count). The molecule has 1 aliphatic heterocycles. The smallest absolute Gasteiger partial charge is 0.133 e. The fraction of sp³-hybridized carbons (Fsp3) is 0.625. The molecule has 22 heavy (non-hydrogen) atoms. The molecule has 0 aliphatic carbocycles. The first-order valence-electron chi connectivity index (χ1n) is 7.69. The summed E-state index contributed by atoms with van der Waals surface area (Å²) in [4.78, 5) is 4.59. The van der Waals surface area contributed by atoms with E-state index in [0.717, 1.165) is 36.4 Å². The summed E-state index contributed by atoms with van der Waals surface area (Å²) in [6, 6.07) is 7.73. The highest BCUT2D eigenvalue weighted by atomic mass is 79.9. The zero-order valence-corrected chi connectivity index (χ0v) is 14.7. The van der Waals surface area contributed by atoms with Crippen LogP contribution in [-0.4, -0.2) is 80.6 Å². The van der Waals surface area contributed by atoms with Gasteiger partial charge >= 0.3 is 0 Å². The molecule has 0 bridgehead atoms. The third kappa shape index (κ3) is 6.22. The number of likely N-dealkylation sites (N-methyl/N-ethyl adjacent to an activating group) is 1. The normalized spacial score (nSPS) is 18.3. The van der Waals surface area contributed by atoms with Crippen molar-refractivity contribution in [3.8, 4) is 5.75 Å². The summed E-state index contributed by atoms with van der Waals surface area (Å²) in [5.74, 6) is 0.809. The molecule has 0 radical (unpaired) electrons. The van der Waals surface area contributed by atoms with E-state index in [1.54, 1.807) is 0 Å². The fourth-order valence-electron chi connectivity index (χ4n) is 2.37. The number of halogens is 1. The fourth-order valence-corrected chi connectivity index (χ4v) is 2.77. The second kappa shape index (κ2) is 9.47. The van der Waals surface area contributed by atoms with E-state index in [1.165, 1.54) is 0 Å². The molecule has 0 amide bonds. The Bertz CT molecular complexity index is 439. The number of piperazine rings is 1. The molecule has 1 fully saturated rings. The van der Waals surface area contributed by atoms with Gasteiger partial charge in [-0.25, -0.2) is 0 Å². The topological polar surface area (TPSA) is 45.2 Å². The third-order valence-corrected chi connectivity index (χ3v) is 4.35. The van der Waals surface area contributed by atoms with Crippen LogP contribution < -0.4 is 4.74 Å². The lowest BCUT2D eigenvalue weighted by Crippen LogP contribution is -2.47. The zero-order valence-electron chi connectivity index (χ0n) is 13.1. The van der Waals surface area contributed by atoms with Crippen LogP contribution in [0.2, 0.25) is 0 Å². The van der Waals surface area contributed by atoms with Crippen molar-refractivity contribution in [1.29, 1.82) is 0 Å². The van der Waals surface area contributed by atoms with Gasteiger partial charge in [-0.1, -0.05) is 12.1 Å². The molecule has 0 aromatic heterocycles. The molecule has 5 nitrogen and oxygen atoms in total. The van der Waals surface area contributed by atoms with Gasteiger partial charge in [-0.2, -0.15) is 0 Å². The first-order chi connectivity index (χ1) is 10.6. The predicted molar refractivity (Wildman–Crippen MR) is 90.4 cm³/mol. The monoisotopic (exact) mass is 372 g/mol. The zero-order chi connectivity index (χ0) is 15.8. The van der Waals surface area contributed by atoms with Crippen LogP contribution >= 0.6 is 15.9 Å². The molecule has 6 heteroatoms. The van der Waals surface area contributed by atoms with Crippen molar-refractivity contribution in [1.82, 2.24) is 9.80 Å². The maximum absolute atomic E-state index is 10.00. The molecular formula is C16H25BrN2O3. The maximum Gasteiger partial charge on any atom is 0.133 e. The van der Waals surface area contributed by atoms with Crippen molar-refractivity contribution < 1.29 is 14.6 Å². The molecule has 1 aromatic carbocycles. The quantitative estimate of drug-likeness (QED) is 0.699. The Kier molecular flexibility index (Phi) is 7.62. The van der Waals surface area contributed by atoms with E-state index in [0.29, 0.717) is 26.4 Å². The van der Waals surface area contributed by atoms with Crippen molar-refractivity contribution in [3.05, 3.63) is 28.7 Å². The summed E-state index contributed by atoms with van der Waals surface area (Å²) < 4.78 is 12.0. The van der Waals surface area contributed by atoms with Crippen LogP contribution in [0.3, 0.4) is 0 Å². The van der Waals surface area contributed by atoms with E-state index in [9.17, 15) is 5.11 Å². The lowest BCUT2D eigenvalue weighted by molar-refractivity contribution is 0.00144. The van der Waals surface area contributed by atoms with Crippen molar-refractivity contribution >= 4 is 15.9 Å². The average molecular weight is 373 g/mol. The minimum absolute atomic E-state index is 0.353. The first-order valence-corrected chi connectivity index (χ1v) is 8.48. The van der Waals surface area contributed by atoms with E-state index >= 15 is 0 Å². The van der Waals surface area contributed by atoms with E-state index in [4.69, 9.17) is 9.47 Å². The van der Waals surface area contributed by atoms with Crippen molar-refractivity contribution in [2.75, 3.05) is 59.6 Å². The molecule has 1 heterocycles. The Labute approximate surface area is 140 Å². The van der Waals surface area contributed by atoms with Gasteiger partial charge in [-0.05, 0) is 35.1 Å². The van der Waals surface area contributed by atoms with E-state index in [-0.39, 0.29) is 0 Å². The van der Waals surface area contributed by atoms with Crippen LogP contribution in [0.25, 0.3) is 0 Å². The number of rotatable bonds is 8. The predicted octanol–water partition coefficient (Wildman–Crippen LogP) is 1.45. The number of ether oxygens (including phenoxy) is 2. The highest BCUT2D eigenvalue weighted by molar-refractivity contribution is 9.10. The average Bonchev–Trinajstić information content (AvgIpc) is 2.51. The molecular weight excluding hydrogens is 348 g/mol. The SMILES string of the molecule is CN1CCN(CC(O)COCCOc2ccccc2Br)CC1. The van der Waals surface area contributed by atoms with Gasteiger partial charge in [-0.15, -0.1) is 0 Å². The number of para-hydroxylation sites is 1. The van der Waals surface area contributed by atoms with Crippen LogP contribution in [0, 0.1) is 0 Å². The van der Waals surface area contributed by atoms with Gasteiger partial charge in [0.05, 0.1) is 23.8 Å². The highest BCUT2D eigenvalue weighted by Gasteiger charge is 2.16. The molecule has 1 unspecified atom stereocenters. The van der Waals surface area contributed by atoms with Gasteiger partial charge in [0.2, 0.25) is 0 Å². The summed E-state index contributed by atoms with van der Waals surface area (Å²) in [7, 11) is 2.13. The van der Waals surface area contributed by atoms with Crippen LogP contribution in [0.15, 0.2) is 28.7 Å². The van der Waals surface area contributed by atoms with Crippen LogP contribution in [0.1, 0.15) is 0 Å². The molecule has 0 spiro atoms. The Hall–Kier alpha value is -0.660. The molecule has 1 N–H and O–H groups in total. The van der Waals surface area contributed by atoms with Gasteiger partial charge in [0.25, 0.3) is 0 Å². The molecule has 1 aromatic rings. The Morgan fingerprint density at radius 1 is 1.18 bits per heavy atom. The van der Waals surface area contributed by atoms with Crippen molar-refractivity contribution in [2.45, 2.75) is 6.10 Å². The number of hydrogen-bond acceptors (Lipinski definition) is 5. The highest BCUT2D eigenvalue weighted by Crippen LogP contribution is 2.23. The number of nitrogens with zero attached hydrogens (tertiary/aromatic N) is 2. The molecule has 0 saturated carbocycles. The maximum atomic E-state index is 10.00. The second-order valence-electron chi connectivity index (χ2n) is 5.61. The van der Waals surface area contributed by atoms with Crippen LogP contribution in [-0.2, 0) is 4.74 Å². The van der Waals surface area contributed by atoms with Gasteiger partial charge < -0.3 is 19.5 Å². The Morgan fingerprint density at radius 2 is 1.91 bits per heavy atom. The minimum atomic E-state index is -0.438. The Morgan fingerprint density at radius 3 is 2.64 bits per heavy atom. The number of aliphatic hydroxyl groups is 1. The van der Waals surface area contributed by atoms with Gasteiger partial charge in [0, 0.05) is 32.7 Å². The van der Waals surface area contributed by atoms with Gasteiger partial charge in [-0.3, -0.25) is 4.90 Å². The lowest BCUT2D eigenvalue weighted by Gasteiger charge is -2.33. The second-order valence-corrected chi connectivity index (χ2v) is 6.47. The van der Waals surface area contributed by atoms with E-state index < -0.39 is 6.10 Å². The molecule has 1 atom stereocenters. The van der Waals surface area contributed by atoms with E-state index in [1.807, 2.05) is 24.3 Å². The third-order valence-electron chi connectivity index (χ3n) is 3.70. The first kappa shape index (κ1) is 17.7. The lowest BCUT2D eigenvalue weighted by atomic mass is 10.3. The summed E-state index contributed by atoms with van der Waals surface area (Å²) in [6.45, 7) is 6.13. The van der Waals surface area contributed by atoms with Crippen LogP contribution in [0.4, 0.5) is 0 Å². The summed E-state index contributed by atoms with van der Waals surface area (Å²) in [6.07, 6.45) is -0.438. The summed E-state index contributed by atoms with van der Waals surface area (Å²) in [5.41, 5.74) is 0. The number of aliphatic hydroxyl groups excluding tert-OH is 1. The largest absolute Gasteiger partial charge is 0.490 e. The number of benzene rings is 1. The number of β-amino-alcohol motifs (C(OH)–C–C–N with tert-alkyl or cyclic N) is 1. The summed E-state index contributed by atoms with van der Waals surface area (Å²) >= 11 is 3.43. The molecule has 1 aliphatic rings. The van der Waals surface area contributed by atoms with E-state index in [2.05, 4.69) is 32.8 Å². The van der Waals surface area contributed by atoms with Crippen molar-refractivity contribution in [2.24, 2.45) is 0 Å². The Balaban J connectivity index is 1.54. The van der Waals surface area contributed by atoms with Crippen LogP contribution in [0.5, 0.6) is 5.75 Å². The van der Waals surface area contributed by atoms with Gasteiger partial charge in [0.15, 0.2) is 0 Å². The summed E-state index contributed by atoms with van der Waals surface area (Å²) in [5, 5.41) is 10.00. The minimum Gasteiger partial charge on any atom is -0.490 e.